The van der Waals surface area contributed by atoms with Gasteiger partial charge in [0.15, 0.2) is 11.7 Å². The van der Waals surface area contributed by atoms with Gasteiger partial charge in [-0.25, -0.2) is 14.8 Å². The molecule has 0 amide bonds. The maximum Gasteiger partial charge on any atom is 0.365 e. The van der Waals surface area contributed by atoms with Gasteiger partial charge in [-0.3, -0.25) is 0 Å². The highest BCUT2D eigenvalue weighted by molar-refractivity contribution is 6.16. The number of nitrogens with zero attached hydrogens (tertiary/aromatic N) is 5. The predicted molar refractivity (Wildman–Crippen MR) is 130 cm³/mol. The number of benzene rings is 3. The van der Waals surface area contributed by atoms with Crippen LogP contribution >= 0.6 is 0 Å². The Hall–Kier alpha value is -4.64. The molecule has 5 rings (SSSR count). The largest absolute Gasteiger partial charge is 0.402 e. The zero-order valence-corrected chi connectivity index (χ0v) is 18.4. The lowest BCUT2D eigenvalue weighted by molar-refractivity contribution is -0.130. The van der Waals surface area contributed by atoms with Crippen LogP contribution in [0.3, 0.4) is 0 Å². The number of cyclic esters (lactones) is 1. The average molecular weight is 451 g/mol. The second kappa shape index (κ2) is 9.08. The van der Waals surface area contributed by atoms with Crippen molar-refractivity contribution in [1.29, 1.82) is 5.26 Å². The van der Waals surface area contributed by atoms with Crippen molar-refractivity contribution in [3.05, 3.63) is 89.8 Å². The number of piperazine rings is 1. The Labute approximate surface area is 196 Å². The Morgan fingerprint density at radius 3 is 2.65 bits per heavy atom. The minimum Gasteiger partial charge on any atom is -0.402 e. The molecule has 2 heterocycles. The van der Waals surface area contributed by atoms with Crippen LogP contribution in [-0.2, 0) is 9.53 Å². The van der Waals surface area contributed by atoms with Crippen molar-refractivity contribution in [2.24, 2.45) is 15.7 Å². The number of esters is 1. The standard InChI is InChI=1S/C26H22N6O2/c27-16-18-5-3-8-20(15-18)29-26(28)32-13-11-31(12-14-32)17-23-25(33)34-24(30-23)22-10-4-7-19-6-1-2-9-21(19)22/h1-10,15,17H,11-14H2,(H2,28,29). The Bertz CT molecular complexity index is 1390. The van der Waals surface area contributed by atoms with Crippen molar-refractivity contribution in [3.63, 3.8) is 0 Å². The molecule has 1 saturated heterocycles. The molecule has 3 aromatic carbocycles. The van der Waals surface area contributed by atoms with Gasteiger partial charge < -0.3 is 20.3 Å². The van der Waals surface area contributed by atoms with E-state index in [0.29, 0.717) is 49.3 Å². The fourth-order valence-electron chi connectivity index (χ4n) is 4.03. The maximum absolute atomic E-state index is 12.5. The molecule has 8 heteroatoms. The topological polar surface area (TPSA) is 107 Å². The number of carbonyl (C=O) groups excluding carboxylic acids is 1. The van der Waals surface area contributed by atoms with Gasteiger partial charge in [0, 0.05) is 37.9 Å². The van der Waals surface area contributed by atoms with Gasteiger partial charge in [0.25, 0.3) is 0 Å². The van der Waals surface area contributed by atoms with Crippen LogP contribution < -0.4 is 5.73 Å². The third-order valence-electron chi connectivity index (χ3n) is 5.80. The van der Waals surface area contributed by atoms with Crippen molar-refractivity contribution < 1.29 is 9.53 Å². The molecule has 2 aliphatic rings. The van der Waals surface area contributed by atoms with E-state index in [4.69, 9.17) is 15.7 Å². The third kappa shape index (κ3) is 4.32. The normalized spacial score (nSPS) is 17.6. The molecule has 0 bridgehead atoms. The molecule has 0 saturated carbocycles. The number of aliphatic imine (C=N–C) groups is 2. The summed E-state index contributed by atoms with van der Waals surface area (Å²) in [5.41, 5.74) is 8.46. The van der Waals surface area contributed by atoms with Crippen molar-refractivity contribution in [3.8, 4) is 6.07 Å². The van der Waals surface area contributed by atoms with E-state index >= 15 is 0 Å². The van der Waals surface area contributed by atoms with Gasteiger partial charge in [0.2, 0.25) is 5.90 Å². The van der Waals surface area contributed by atoms with E-state index in [1.807, 2.05) is 58.3 Å². The predicted octanol–water partition coefficient (Wildman–Crippen LogP) is 3.12. The van der Waals surface area contributed by atoms with Gasteiger partial charge in [0.1, 0.15) is 0 Å². The third-order valence-corrected chi connectivity index (χ3v) is 5.80. The number of hydrogen-bond donors (Lipinski definition) is 1. The fraction of sp³-hybridized carbons (Fsp3) is 0.154. The molecule has 0 aliphatic carbocycles. The lowest BCUT2D eigenvalue weighted by Gasteiger charge is -2.34. The van der Waals surface area contributed by atoms with Gasteiger partial charge >= 0.3 is 5.97 Å². The summed E-state index contributed by atoms with van der Waals surface area (Å²) in [6, 6.07) is 22.9. The molecule has 0 aromatic heterocycles. The highest BCUT2D eigenvalue weighted by Crippen LogP contribution is 2.24. The first kappa shape index (κ1) is 21.2. The minimum atomic E-state index is -0.455. The van der Waals surface area contributed by atoms with Crippen LogP contribution in [0.15, 0.2) is 88.6 Å². The van der Waals surface area contributed by atoms with Crippen LogP contribution in [0, 0.1) is 11.3 Å². The molecule has 168 valence electrons. The summed E-state index contributed by atoms with van der Waals surface area (Å²) in [5.74, 6) is 0.269. The molecule has 0 atom stereocenters. The summed E-state index contributed by atoms with van der Waals surface area (Å²) in [6.07, 6.45) is 1.75. The maximum atomic E-state index is 12.5. The van der Waals surface area contributed by atoms with E-state index < -0.39 is 5.97 Å². The van der Waals surface area contributed by atoms with Crippen molar-refractivity contribution in [2.75, 3.05) is 26.2 Å². The van der Waals surface area contributed by atoms with Crippen LogP contribution in [-0.4, -0.2) is 53.8 Å². The molecule has 2 aliphatic heterocycles. The number of nitriles is 1. The average Bonchev–Trinajstić information content (AvgIpc) is 3.23. The van der Waals surface area contributed by atoms with E-state index in [-0.39, 0.29) is 5.70 Å². The Balaban J connectivity index is 1.28. The molecule has 34 heavy (non-hydrogen) atoms. The van der Waals surface area contributed by atoms with Crippen LogP contribution in [0.1, 0.15) is 11.1 Å². The van der Waals surface area contributed by atoms with E-state index in [0.717, 1.165) is 16.3 Å². The molecule has 0 spiro atoms. The molecule has 8 nitrogen and oxygen atoms in total. The number of nitrogens with two attached hydrogens (primary N) is 1. The lowest BCUT2D eigenvalue weighted by Crippen LogP contribution is -2.49. The van der Waals surface area contributed by atoms with Gasteiger partial charge in [-0.05, 0) is 35.0 Å². The number of fused-ring (bicyclic) bond motifs is 1. The van der Waals surface area contributed by atoms with Crippen LogP contribution in [0.4, 0.5) is 5.69 Å². The highest BCUT2D eigenvalue weighted by Gasteiger charge is 2.27. The van der Waals surface area contributed by atoms with Crippen LogP contribution in [0.5, 0.6) is 0 Å². The van der Waals surface area contributed by atoms with Crippen molar-refractivity contribution in [2.45, 2.75) is 0 Å². The van der Waals surface area contributed by atoms with Crippen molar-refractivity contribution >= 4 is 34.3 Å². The molecular formula is C26H22N6O2. The SMILES string of the molecule is N#Cc1cccc(N=C(N)N2CCN(C=C3N=C(c4cccc5ccccc45)OC3=O)CC2)c1. The summed E-state index contributed by atoms with van der Waals surface area (Å²) < 4.78 is 5.50. The monoisotopic (exact) mass is 450 g/mol. The van der Waals surface area contributed by atoms with Gasteiger partial charge in [-0.1, -0.05) is 42.5 Å². The van der Waals surface area contributed by atoms with Gasteiger partial charge in [-0.15, -0.1) is 0 Å². The van der Waals surface area contributed by atoms with E-state index in [1.54, 1.807) is 24.4 Å². The quantitative estimate of drug-likeness (QED) is 0.284. The summed E-state index contributed by atoms with van der Waals surface area (Å²) in [6.45, 7) is 2.60. The van der Waals surface area contributed by atoms with Crippen molar-refractivity contribution in [1.82, 2.24) is 9.80 Å². The molecular weight excluding hydrogens is 428 g/mol. The first-order valence-electron chi connectivity index (χ1n) is 10.9. The second-order valence-electron chi connectivity index (χ2n) is 8.00. The Kier molecular flexibility index (Phi) is 5.67. The molecule has 1 fully saturated rings. The number of hydrogen-bond acceptors (Lipinski definition) is 6. The molecule has 2 N–H and O–H groups in total. The molecule has 0 radical (unpaired) electrons. The zero-order valence-electron chi connectivity index (χ0n) is 18.4. The summed E-state index contributed by atoms with van der Waals surface area (Å²) in [7, 11) is 0. The van der Waals surface area contributed by atoms with Crippen LogP contribution in [0.25, 0.3) is 10.8 Å². The number of ether oxygens (including phenoxy) is 1. The summed E-state index contributed by atoms with van der Waals surface area (Å²) in [4.78, 5) is 25.4. The Morgan fingerprint density at radius 2 is 1.82 bits per heavy atom. The van der Waals surface area contributed by atoms with E-state index in [9.17, 15) is 4.79 Å². The molecule has 0 unspecified atom stereocenters. The summed E-state index contributed by atoms with van der Waals surface area (Å²) >= 11 is 0. The van der Waals surface area contributed by atoms with E-state index in [1.165, 1.54) is 0 Å². The highest BCUT2D eigenvalue weighted by atomic mass is 16.6. The lowest BCUT2D eigenvalue weighted by atomic mass is 10.0. The fourth-order valence-corrected chi connectivity index (χ4v) is 4.03. The summed E-state index contributed by atoms with van der Waals surface area (Å²) in [5, 5.41) is 11.1. The smallest absolute Gasteiger partial charge is 0.365 e. The molecule has 3 aromatic rings. The van der Waals surface area contributed by atoms with Crippen LogP contribution in [0.2, 0.25) is 0 Å². The minimum absolute atomic E-state index is 0.284. The number of carbonyl (C=O) groups is 1. The van der Waals surface area contributed by atoms with E-state index in [2.05, 4.69) is 16.1 Å². The zero-order chi connectivity index (χ0) is 23.5. The second-order valence-corrected chi connectivity index (χ2v) is 8.00. The van der Waals surface area contributed by atoms with Gasteiger partial charge in [-0.2, -0.15) is 5.26 Å². The number of guanidine groups is 1. The number of rotatable bonds is 3. The first-order chi connectivity index (χ1) is 16.6. The first-order valence-corrected chi connectivity index (χ1v) is 10.9. The van der Waals surface area contributed by atoms with Gasteiger partial charge in [0.05, 0.1) is 17.3 Å². The Morgan fingerprint density at radius 1 is 1.06 bits per heavy atom.